The first kappa shape index (κ1) is 25.0. The lowest BCUT2D eigenvalue weighted by Gasteiger charge is -2.31. The molecule has 1 fully saturated rings. The molecule has 0 unspecified atom stereocenters. The van der Waals surface area contributed by atoms with Gasteiger partial charge in [0.2, 0.25) is 15.9 Å². The summed E-state index contributed by atoms with van der Waals surface area (Å²) in [5.41, 5.74) is 3.00. The molecule has 2 aromatic carbocycles. The first-order chi connectivity index (χ1) is 15.8. The van der Waals surface area contributed by atoms with Crippen molar-refractivity contribution in [2.24, 2.45) is 0 Å². The minimum atomic E-state index is -3.63. The number of aryl methyl sites for hydroxylation is 1. The lowest BCUT2D eigenvalue weighted by molar-refractivity contribution is -0.116. The third-order valence-corrected chi connectivity index (χ3v) is 7.99. The second kappa shape index (κ2) is 11.0. The summed E-state index contributed by atoms with van der Waals surface area (Å²) < 4.78 is 32.9. The largest absolute Gasteiger partial charge is 0.378 e. The van der Waals surface area contributed by atoms with Crippen molar-refractivity contribution in [2.75, 3.05) is 54.9 Å². The molecule has 2 N–H and O–H groups in total. The molecule has 180 valence electrons. The highest BCUT2D eigenvalue weighted by atomic mass is 32.2. The van der Waals surface area contributed by atoms with E-state index < -0.39 is 16.1 Å². The van der Waals surface area contributed by atoms with Gasteiger partial charge in [-0.25, -0.2) is 8.42 Å². The number of hydrogen-bond donors (Lipinski definition) is 2. The topological polar surface area (TPSA) is 91.0 Å². The standard InChI is InChI=1S/C24H34N4O4S/c1-5-28(6-2)33(30,31)23-17-20(12-11-18(23)3)26-24(29)19(4)25-21-9-7-8-10-22(21)27-13-15-32-16-14-27/h7-12,17,19,25H,5-6,13-16H2,1-4H3,(H,26,29)/t19-/m1/s1. The Bertz CT molecular complexity index is 1060. The summed E-state index contributed by atoms with van der Waals surface area (Å²) in [5, 5.41) is 6.16. The van der Waals surface area contributed by atoms with Crippen molar-refractivity contribution in [1.82, 2.24) is 4.31 Å². The fourth-order valence-electron chi connectivity index (χ4n) is 3.88. The summed E-state index contributed by atoms with van der Waals surface area (Å²) in [6.45, 7) is 10.9. The Labute approximate surface area is 197 Å². The van der Waals surface area contributed by atoms with Gasteiger partial charge in [0.25, 0.3) is 0 Å². The van der Waals surface area contributed by atoms with Gasteiger partial charge in [0, 0.05) is 31.9 Å². The van der Waals surface area contributed by atoms with Crippen LogP contribution in [0.2, 0.25) is 0 Å². The molecule has 1 aliphatic rings. The summed E-state index contributed by atoms with van der Waals surface area (Å²) in [6, 6.07) is 12.3. The highest BCUT2D eigenvalue weighted by Crippen LogP contribution is 2.28. The van der Waals surface area contributed by atoms with Gasteiger partial charge in [0.1, 0.15) is 6.04 Å². The van der Waals surface area contributed by atoms with E-state index in [1.807, 2.05) is 38.1 Å². The molecule has 1 heterocycles. The molecule has 1 saturated heterocycles. The lowest BCUT2D eigenvalue weighted by Crippen LogP contribution is -2.37. The number of para-hydroxylation sites is 2. The molecular weight excluding hydrogens is 440 g/mol. The third kappa shape index (κ3) is 5.85. The van der Waals surface area contributed by atoms with Gasteiger partial charge in [-0.2, -0.15) is 4.31 Å². The van der Waals surface area contributed by atoms with Crippen molar-refractivity contribution in [2.45, 2.75) is 38.6 Å². The summed E-state index contributed by atoms with van der Waals surface area (Å²) in [5.74, 6) is -0.248. The molecule has 8 nitrogen and oxygen atoms in total. The molecular formula is C24H34N4O4S. The number of morpholine rings is 1. The van der Waals surface area contributed by atoms with Crippen LogP contribution in [0.25, 0.3) is 0 Å². The summed E-state index contributed by atoms with van der Waals surface area (Å²) >= 11 is 0. The van der Waals surface area contributed by atoms with Crippen LogP contribution >= 0.6 is 0 Å². The van der Waals surface area contributed by atoms with Crippen molar-refractivity contribution >= 4 is 33.0 Å². The zero-order chi connectivity index (χ0) is 24.0. The molecule has 1 aliphatic heterocycles. The van der Waals surface area contributed by atoms with E-state index in [1.54, 1.807) is 26.0 Å². The first-order valence-corrected chi connectivity index (χ1v) is 12.8. The molecule has 0 saturated carbocycles. The van der Waals surface area contributed by atoms with Gasteiger partial charge in [0.15, 0.2) is 0 Å². The van der Waals surface area contributed by atoms with E-state index >= 15 is 0 Å². The predicted molar refractivity (Wildman–Crippen MR) is 132 cm³/mol. The maximum Gasteiger partial charge on any atom is 0.246 e. The van der Waals surface area contributed by atoms with Gasteiger partial charge >= 0.3 is 0 Å². The Morgan fingerprint density at radius 2 is 1.79 bits per heavy atom. The van der Waals surface area contributed by atoms with Crippen LogP contribution in [0.5, 0.6) is 0 Å². The molecule has 2 aromatic rings. The third-order valence-electron chi connectivity index (χ3n) is 5.80. The van der Waals surface area contributed by atoms with Gasteiger partial charge in [-0.05, 0) is 43.7 Å². The number of nitrogens with one attached hydrogen (secondary N) is 2. The van der Waals surface area contributed by atoms with Crippen molar-refractivity contribution in [1.29, 1.82) is 0 Å². The van der Waals surface area contributed by atoms with Crippen LogP contribution < -0.4 is 15.5 Å². The monoisotopic (exact) mass is 474 g/mol. The van der Waals surface area contributed by atoms with E-state index in [0.717, 1.165) is 24.5 Å². The quantitative estimate of drug-likeness (QED) is 0.580. The van der Waals surface area contributed by atoms with E-state index in [2.05, 4.69) is 15.5 Å². The molecule has 0 bridgehead atoms. The molecule has 3 rings (SSSR count). The smallest absolute Gasteiger partial charge is 0.246 e. The lowest BCUT2D eigenvalue weighted by atomic mass is 10.2. The predicted octanol–water partition coefficient (Wildman–Crippen LogP) is 3.30. The maximum atomic E-state index is 13.0. The zero-order valence-corrected chi connectivity index (χ0v) is 20.6. The van der Waals surface area contributed by atoms with E-state index in [4.69, 9.17) is 4.74 Å². The van der Waals surface area contributed by atoms with Crippen LogP contribution in [0.3, 0.4) is 0 Å². The minimum Gasteiger partial charge on any atom is -0.378 e. The molecule has 9 heteroatoms. The molecule has 1 atom stereocenters. The van der Waals surface area contributed by atoms with Crippen LogP contribution in [0.15, 0.2) is 47.4 Å². The number of amides is 1. The first-order valence-electron chi connectivity index (χ1n) is 11.4. The van der Waals surface area contributed by atoms with Gasteiger partial charge in [0.05, 0.1) is 29.5 Å². The summed E-state index contributed by atoms with van der Waals surface area (Å²) in [6.07, 6.45) is 0. The maximum absolute atomic E-state index is 13.0. The van der Waals surface area contributed by atoms with Gasteiger partial charge in [-0.3, -0.25) is 4.79 Å². The summed E-state index contributed by atoms with van der Waals surface area (Å²) in [4.78, 5) is 15.4. The van der Waals surface area contributed by atoms with Gasteiger partial charge < -0.3 is 20.3 Å². The number of benzene rings is 2. The summed E-state index contributed by atoms with van der Waals surface area (Å²) in [7, 11) is -3.63. The average molecular weight is 475 g/mol. The number of ether oxygens (including phenoxy) is 1. The van der Waals surface area contributed by atoms with Crippen molar-refractivity contribution < 1.29 is 17.9 Å². The minimum absolute atomic E-state index is 0.210. The highest BCUT2D eigenvalue weighted by Gasteiger charge is 2.25. The second-order valence-electron chi connectivity index (χ2n) is 8.04. The van der Waals surface area contributed by atoms with E-state index in [0.29, 0.717) is 37.6 Å². The van der Waals surface area contributed by atoms with Crippen LogP contribution in [-0.4, -0.2) is 64.1 Å². The Kier molecular flexibility index (Phi) is 8.34. The fraction of sp³-hybridized carbons (Fsp3) is 0.458. The van der Waals surface area contributed by atoms with Gasteiger partial charge in [-0.1, -0.05) is 32.0 Å². The molecule has 1 amide bonds. The number of rotatable bonds is 9. The molecule has 0 radical (unpaired) electrons. The molecule has 0 spiro atoms. The number of hydrogen-bond acceptors (Lipinski definition) is 6. The van der Waals surface area contributed by atoms with E-state index in [-0.39, 0.29) is 10.8 Å². The highest BCUT2D eigenvalue weighted by molar-refractivity contribution is 7.89. The van der Waals surface area contributed by atoms with Crippen LogP contribution in [-0.2, 0) is 19.6 Å². The molecule has 0 aliphatic carbocycles. The van der Waals surface area contributed by atoms with Crippen LogP contribution in [0.1, 0.15) is 26.3 Å². The number of nitrogens with zero attached hydrogens (tertiary/aromatic N) is 2. The van der Waals surface area contributed by atoms with Crippen LogP contribution in [0.4, 0.5) is 17.1 Å². The molecule has 33 heavy (non-hydrogen) atoms. The number of carbonyl (C=O) groups is 1. The Hall–Kier alpha value is -2.62. The SMILES string of the molecule is CCN(CC)S(=O)(=O)c1cc(NC(=O)[C@@H](C)Nc2ccccc2N2CCOCC2)ccc1C. The van der Waals surface area contributed by atoms with E-state index in [9.17, 15) is 13.2 Å². The molecule has 0 aromatic heterocycles. The van der Waals surface area contributed by atoms with Crippen molar-refractivity contribution in [3.05, 3.63) is 48.0 Å². The number of anilines is 3. The van der Waals surface area contributed by atoms with Gasteiger partial charge in [-0.15, -0.1) is 0 Å². The van der Waals surface area contributed by atoms with Crippen molar-refractivity contribution in [3.63, 3.8) is 0 Å². The Morgan fingerprint density at radius 3 is 2.45 bits per heavy atom. The average Bonchev–Trinajstić information content (AvgIpc) is 2.81. The zero-order valence-electron chi connectivity index (χ0n) is 19.8. The van der Waals surface area contributed by atoms with E-state index in [1.165, 1.54) is 10.4 Å². The normalized spacial score (nSPS) is 15.4. The fourth-order valence-corrected chi connectivity index (χ4v) is 5.59. The number of carbonyl (C=O) groups excluding carboxylic acids is 1. The van der Waals surface area contributed by atoms with Crippen molar-refractivity contribution in [3.8, 4) is 0 Å². The Morgan fingerprint density at radius 1 is 1.12 bits per heavy atom. The Balaban J connectivity index is 1.75. The second-order valence-corrected chi connectivity index (χ2v) is 9.95. The van der Waals surface area contributed by atoms with Crippen LogP contribution in [0, 0.1) is 6.92 Å². The number of sulfonamides is 1.